The molecule has 2 aromatic carbocycles. The van der Waals surface area contributed by atoms with E-state index >= 15 is 0 Å². The molecule has 0 aliphatic carbocycles. The highest BCUT2D eigenvalue weighted by Gasteiger charge is 1.99. The van der Waals surface area contributed by atoms with E-state index in [2.05, 4.69) is 25.9 Å². The number of hydrogen-bond donors (Lipinski definition) is 0. The third kappa shape index (κ3) is 2.58. The molecule has 0 spiro atoms. The minimum atomic E-state index is 0.911. The molecular weight excluding hydrogens is 302 g/mol. The molecule has 1 heterocycles. The molecule has 3 rings (SSSR count). The summed E-state index contributed by atoms with van der Waals surface area (Å²) in [5, 5.41) is 0. The monoisotopic (exact) mass is 313 g/mol. The number of halogens is 1. The first kappa shape index (κ1) is 12.1. The van der Waals surface area contributed by atoms with Crippen molar-refractivity contribution in [3.63, 3.8) is 0 Å². The maximum absolute atomic E-state index is 4.48. The molecule has 0 atom stereocenters. The van der Waals surface area contributed by atoms with Crippen molar-refractivity contribution in [2.24, 2.45) is 12.0 Å². The van der Waals surface area contributed by atoms with E-state index in [1.807, 2.05) is 66.6 Å². The molecule has 1 aromatic heterocycles. The number of imidazole rings is 1. The van der Waals surface area contributed by atoms with Crippen molar-refractivity contribution < 1.29 is 0 Å². The van der Waals surface area contributed by atoms with Crippen LogP contribution in [-0.4, -0.2) is 15.8 Å². The Balaban J connectivity index is 1.90. The van der Waals surface area contributed by atoms with Gasteiger partial charge in [0.15, 0.2) is 0 Å². The number of aryl methyl sites for hydroxylation is 1. The van der Waals surface area contributed by atoms with Gasteiger partial charge in [-0.3, -0.25) is 4.99 Å². The van der Waals surface area contributed by atoms with E-state index in [-0.39, 0.29) is 0 Å². The van der Waals surface area contributed by atoms with Crippen LogP contribution in [0.1, 0.15) is 5.56 Å². The molecule has 0 amide bonds. The SMILES string of the molecule is Cn1cnc2cc(N=Cc3ccc(Br)cc3)ccc21. The van der Waals surface area contributed by atoms with Gasteiger partial charge in [0.05, 0.1) is 23.0 Å². The van der Waals surface area contributed by atoms with Crippen molar-refractivity contribution in [3.05, 3.63) is 58.8 Å². The van der Waals surface area contributed by atoms with Gasteiger partial charge < -0.3 is 4.57 Å². The summed E-state index contributed by atoms with van der Waals surface area (Å²) in [7, 11) is 1.99. The van der Waals surface area contributed by atoms with E-state index in [1.54, 1.807) is 0 Å². The van der Waals surface area contributed by atoms with E-state index in [0.29, 0.717) is 0 Å². The van der Waals surface area contributed by atoms with Crippen molar-refractivity contribution in [2.45, 2.75) is 0 Å². The van der Waals surface area contributed by atoms with Crippen LogP contribution in [-0.2, 0) is 7.05 Å². The fourth-order valence-corrected chi connectivity index (χ4v) is 2.17. The Bertz CT molecular complexity index is 742. The van der Waals surface area contributed by atoms with Gasteiger partial charge in [-0.25, -0.2) is 4.98 Å². The smallest absolute Gasteiger partial charge is 0.0955 e. The predicted octanol–water partition coefficient (Wildman–Crippen LogP) is 4.09. The molecule has 0 N–H and O–H groups in total. The van der Waals surface area contributed by atoms with Crippen molar-refractivity contribution in [1.82, 2.24) is 9.55 Å². The second-order valence-electron chi connectivity index (χ2n) is 4.34. The fourth-order valence-electron chi connectivity index (χ4n) is 1.90. The van der Waals surface area contributed by atoms with E-state index in [4.69, 9.17) is 0 Å². The quantitative estimate of drug-likeness (QED) is 0.655. The van der Waals surface area contributed by atoms with Gasteiger partial charge in [-0.1, -0.05) is 28.1 Å². The minimum absolute atomic E-state index is 0.911. The average Bonchev–Trinajstić information content (AvgIpc) is 2.79. The number of fused-ring (bicyclic) bond motifs is 1. The summed E-state index contributed by atoms with van der Waals surface area (Å²) >= 11 is 3.42. The fraction of sp³-hybridized carbons (Fsp3) is 0.0667. The third-order valence-corrected chi connectivity index (χ3v) is 3.47. The first-order valence-electron chi connectivity index (χ1n) is 5.93. The lowest BCUT2D eigenvalue weighted by atomic mass is 10.2. The molecule has 0 saturated carbocycles. The van der Waals surface area contributed by atoms with Crippen molar-refractivity contribution in [1.29, 1.82) is 0 Å². The van der Waals surface area contributed by atoms with Crippen LogP contribution in [0.5, 0.6) is 0 Å². The Hall–Kier alpha value is -1.94. The topological polar surface area (TPSA) is 30.2 Å². The largest absolute Gasteiger partial charge is 0.334 e. The molecule has 0 radical (unpaired) electrons. The molecule has 3 aromatic rings. The van der Waals surface area contributed by atoms with Crippen LogP contribution in [0.25, 0.3) is 11.0 Å². The van der Waals surface area contributed by atoms with Crippen LogP contribution in [0.2, 0.25) is 0 Å². The van der Waals surface area contributed by atoms with Crippen molar-refractivity contribution in [3.8, 4) is 0 Å². The minimum Gasteiger partial charge on any atom is -0.334 e. The van der Waals surface area contributed by atoms with E-state index in [1.165, 1.54) is 0 Å². The zero-order valence-corrected chi connectivity index (χ0v) is 12.0. The Kier molecular flexibility index (Phi) is 3.17. The first-order chi connectivity index (χ1) is 9.22. The molecule has 19 heavy (non-hydrogen) atoms. The molecule has 94 valence electrons. The van der Waals surface area contributed by atoms with Crippen molar-refractivity contribution in [2.75, 3.05) is 0 Å². The van der Waals surface area contributed by atoms with Gasteiger partial charge in [-0.2, -0.15) is 0 Å². The maximum atomic E-state index is 4.48. The van der Waals surface area contributed by atoms with Crippen LogP contribution in [0, 0.1) is 0 Å². The zero-order chi connectivity index (χ0) is 13.2. The number of nitrogens with zero attached hydrogens (tertiary/aromatic N) is 3. The lowest BCUT2D eigenvalue weighted by Crippen LogP contribution is -1.82. The second-order valence-corrected chi connectivity index (χ2v) is 5.25. The number of benzene rings is 2. The van der Waals surface area contributed by atoms with Gasteiger partial charge in [-0.05, 0) is 35.9 Å². The summed E-state index contributed by atoms with van der Waals surface area (Å²) < 4.78 is 3.07. The van der Waals surface area contributed by atoms with Crippen molar-refractivity contribution >= 4 is 38.9 Å². The Morgan fingerprint density at radius 2 is 1.95 bits per heavy atom. The summed E-state index contributed by atoms with van der Waals surface area (Å²) in [6, 6.07) is 14.1. The highest BCUT2D eigenvalue weighted by Crippen LogP contribution is 2.19. The van der Waals surface area contributed by atoms with Crippen LogP contribution in [0.4, 0.5) is 5.69 Å². The molecule has 0 unspecified atom stereocenters. The number of aromatic nitrogens is 2. The van der Waals surface area contributed by atoms with Gasteiger partial charge in [0.25, 0.3) is 0 Å². The number of hydrogen-bond acceptors (Lipinski definition) is 2. The molecule has 0 saturated heterocycles. The van der Waals surface area contributed by atoms with Gasteiger partial charge in [0, 0.05) is 17.7 Å². The zero-order valence-electron chi connectivity index (χ0n) is 10.4. The summed E-state index contributed by atoms with van der Waals surface area (Å²) in [6.07, 6.45) is 3.67. The maximum Gasteiger partial charge on any atom is 0.0955 e. The van der Waals surface area contributed by atoms with Gasteiger partial charge in [-0.15, -0.1) is 0 Å². The lowest BCUT2D eigenvalue weighted by Gasteiger charge is -1.97. The van der Waals surface area contributed by atoms with Gasteiger partial charge >= 0.3 is 0 Å². The molecule has 0 aliphatic heterocycles. The molecule has 0 fully saturated rings. The second kappa shape index (κ2) is 4.97. The average molecular weight is 314 g/mol. The van der Waals surface area contributed by atoms with Crippen LogP contribution < -0.4 is 0 Å². The molecule has 0 aliphatic rings. The number of aliphatic imine (C=N–C) groups is 1. The standard InChI is InChI=1S/C15H12BrN3/c1-19-10-18-14-8-13(6-7-15(14)19)17-9-11-2-4-12(16)5-3-11/h2-10H,1H3. The van der Waals surface area contributed by atoms with E-state index in [0.717, 1.165) is 26.8 Å². The molecule has 4 heteroatoms. The highest BCUT2D eigenvalue weighted by atomic mass is 79.9. The van der Waals surface area contributed by atoms with Crippen LogP contribution in [0.15, 0.2) is 58.3 Å². The third-order valence-electron chi connectivity index (χ3n) is 2.94. The van der Waals surface area contributed by atoms with Crippen LogP contribution >= 0.6 is 15.9 Å². The van der Waals surface area contributed by atoms with E-state index in [9.17, 15) is 0 Å². The van der Waals surface area contributed by atoms with E-state index < -0.39 is 0 Å². The summed E-state index contributed by atoms with van der Waals surface area (Å²) in [5.74, 6) is 0. The Labute approximate surface area is 119 Å². The lowest BCUT2D eigenvalue weighted by molar-refractivity contribution is 0.948. The predicted molar refractivity (Wildman–Crippen MR) is 82.1 cm³/mol. The molecular formula is C15H12BrN3. The highest BCUT2D eigenvalue weighted by molar-refractivity contribution is 9.10. The first-order valence-corrected chi connectivity index (χ1v) is 6.72. The molecule has 0 bridgehead atoms. The summed E-state index contributed by atoms with van der Waals surface area (Å²) in [4.78, 5) is 8.80. The van der Waals surface area contributed by atoms with Gasteiger partial charge in [0.1, 0.15) is 0 Å². The molecule has 3 nitrogen and oxygen atoms in total. The Morgan fingerprint density at radius 1 is 1.16 bits per heavy atom. The van der Waals surface area contributed by atoms with Crippen LogP contribution in [0.3, 0.4) is 0 Å². The summed E-state index contributed by atoms with van der Waals surface area (Å²) in [6.45, 7) is 0. The summed E-state index contributed by atoms with van der Waals surface area (Å²) in [5.41, 5.74) is 4.06. The van der Waals surface area contributed by atoms with Gasteiger partial charge in [0.2, 0.25) is 0 Å². The number of rotatable bonds is 2. The normalized spacial score (nSPS) is 11.5. The Morgan fingerprint density at radius 3 is 2.74 bits per heavy atom.